The van der Waals surface area contributed by atoms with Gasteiger partial charge < -0.3 is 9.32 Å². The van der Waals surface area contributed by atoms with Crippen molar-refractivity contribution in [3.8, 4) is 11.3 Å². The molecule has 3 heteroatoms. The minimum atomic E-state index is 0.608. The summed E-state index contributed by atoms with van der Waals surface area (Å²) in [5.41, 5.74) is 4.30. The molecule has 0 aliphatic heterocycles. The Bertz CT molecular complexity index is 961. The highest BCUT2D eigenvalue weighted by Crippen LogP contribution is 2.30. The van der Waals surface area contributed by atoms with Crippen LogP contribution < -0.4 is 4.90 Å². The van der Waals surface area contributed by atoms with Gasteiger partial charge in [-0.05, 0) is 48.6 Å². The lowest BCUT2D eigenvalue weighted by molar-refractivity contribution is 0.112. The summed E-state index contributed by atoms with van der Waals surface area (Å²) < 4.78 is 5.89. The number of rotatable bonds is 6. The van der Waals surface area contributed by atoms with Crippen molar-refractivity contribution in [2.45, 2.75) is 0 Å². The van der Waals surface area contributed by atoms with Gasteiger partial charge in [-0.25, -0.2) is 0 Å². The average Bonchev–Trinajstić information content (AvgIpc) is 3.08. The van der Waals surface area contributed by atoms with Crippen LogP contribution >= 0.6 is 0 Å². The first-order valence-corrected chi connectivity index (χ1v) is 7.94. The summed E-state index contributed by atoms with van der Waals surface area (Å²) in [7, 11) is 1.98. The Morgan fingerprint density at radius 1 is 1.08 bits per heavy atom. The molecule has 0 saturated carbocycles. The van der Waals surface area contributed by atoms with Crippen LogP contribution in [0.25, 0.3) is 22.3 Å². The van der Waals surface area contributed by atoms with Gasteiger partial charge in [-0.2, -0.15) is 0 Å². The maximum absolute atomic E-state index is 10.9. The second-order valence-corrected chi connectivity index (χ2v) is 5.66. The minimum absolute atomic E-state index is 0.608. The van der Waals surface area contributed by atoms with Crippen LogP contribution in [0.3, 0.4) is 0 Å². The van der Waals surface area contributed by atoms with Crippen LogP contribution in [-0.2, 0) is 0 Å². The molecule has 0 atom stereocenters. The second-order valence-electron chi connectivity index (χ2n) is 5.66. The van der Waals surface area contributed by atoms with Crippen molar-refractivity contribution in [1.82, 2.24) is 0 Å². The van der Waals surface area contributed by atoms with E-state index < -0.39 is 0 Å². The molecule has 1 heterocycles. The molecule has 0 unspecified atom stereocenters. The predicted octanol–water partition coefficient (Wildman–Crippen LogP) is 5.60. The molecule has 0 N–H and O–H groups in total. The topological polar surface area (TPSA) is 33.5 Å². The summed E-state index contributed by atoms with van der Waals surface area (Å²) in [5, 5.41) is 0.977. The largest absolute Gasteiger partial charge is 0.456 e. The van der Waals surface area contributed by atoms with E-state index in [9.17, 15) is 4.79 Å². The molecule has 0 saturated heterocycles. The Morgan fingerprint density at radius 3 is 2.48 bits per heavy atom. The van der Waals surface area contributed by atoms with Crippen molar-refractivity contribution < 1.29 is 9.21 Å². The minimum Gasteiger partial charge on any atom is -0.456 e. The Balaban J connectivity index is 1.92. The molecule has 124 valence electrons. The molecule has 0 aliphatic rings. The van der Waals surface area contributed by atoms with Crippen molar-refractivity contribution >= 4 is 22.9 Å². The van der Waals surface area contributed by atoms with E-state index in [0.29, 0.717) is 11.1 Å². The number of nitrogens with zero attached hydrogens (tertiary/aromatic N) is 1. The summed E-state index contributed by atoms with van der Waals surface area (Å²) >= 11 is 0. The number of carbonyl (C=O) groups is 1. The fourth-order valence-electron chi connectivity index (χ4n) is 2.70. The number of aldehydes is 1. The lowest BCUT2D eigenvalue weighted by Crippen LogP contribution is -2.14. The standard InChI is InChI=1S/C22H19NO2/c1-4-6-19(5-2)23(3)20-11-9-17(10-12-20)22-14-18-8-7-16(15-24)13-21(18)25-22/h4-15H,1-2H2,3H3/b19-6+. The van der Waals surface area contributed by atoms with Gasteiger partial charge in [0.05, 0.1) is 0 Å². The van der Waals surface area contributed by atoms with E-state index in [2.05, 4.69) is 13.2 Å². The fraction of sp³-hybridized carbons (Fsp3) is 0.0455. The first-order valence-electron chi connectivity index (χ1n) is 7.94. The number of hydrogen-bond donors (Lipinski definition) is 0. The molecular formula is C22H19NO2. The van der Waals surface area contributed by atoms with Crippen molar-refractivity contribution in [2.24, 2.45) is 0 Å². The molecule has 1 aromatic heterocycles. The molecule has 0 fully saturated rings. The molecule has 3 nitrogen and oxygen atoms in total. The highest BCUT2D eigenvalue weighted by atomic mass is 16.3. The first-order chi connectivity index (χ1) is 12.2. The average molecular weight is 329 g/mol. The highest BCUT2D eigenvalue weighted by Gasteiger charge is 2.09. The van der Waals surface area contributed by atoms with Gasteiger partial charge in [0.2, 0.25) is 0 Å². The number of fused-ring (bicyclic) bond motifs is 1. The van der Waals surface area contributed by atoms with Crippen molar-refractivity contribution in [3.05, 3.63) is 91.2 Å². The molecule has 2 aromatic carbocycles. The Kier molecular flexibility index (Phi) is 4.66. The second kappa shape index (κ2) is 7.05. The van der Waals surface area contributed by atoms with Crippen LogP contribution in [0.5, 0.6) is 0 Å². The molecule has 0 radical (unpaired) electrons. The molecule has 25 heavy (non-hydrogen) atoms. The Labute approximate surface area is 147 Å². The van der Waals surface area contributed by atoms with Gasteiger partial charge in [-0.3, -0.25) is 4.79 Å². The smallest absolute Gasteiger partial charge is 0.150 e. The van der Waals surface area contributed by atoms with Gasteiger partial charge in [0, 0.05) is 34.9 Å². The van der Waals surface area contributed by atoms with E-state index >= 15 is 0 Å². The van der Waals surface area contributed by atoms with E-state index in [0.717, 1.165) is 34.4 Å². The van der Waals surface area contributed by atoms with E-state index in [1.165, 1.54) is 0 Å². The van der Waals surface area contributed by atoms with Crippen LogP contribution in [0.2, 0.25) is 0 Å². The first kappa shape index (κ1) is 16.5. The maximum atomic E-state index is 10.9. The van der Waals surface area contributed by atoms with Crippen LogP contribution in [0.15, 0.2) is 90.0 Å². The fourth-order valence-corrected chi connectivity index (χ4v) is 2.70. The lowest BCUT2D eigenvalue weighted by atomic mass is 10.1. The van der Waals surface area contributed by atoms with Gasteiger partial charge in [-0.15, -0.1) is 0 Å². The molecule has 0 amide bonds. The normalized spacial score (nSPS) is 11.3. The summed E-state index contributed by atoms with van der Waals surface area (Å²) in [5.74, 6) is 0.776. The number of furan rings is 1. The number of carbonyl (C=O) groups excluding carboxylic acids is 1. The maximum Gasteiger partial charge on any atom is 0.150 e. The zero-order chi connectivity index (χ0) is 17.8. The third-order valence-electron chi connectivity index (χ3n) is 4.10. The van der Waals surface area contributed by atoms with E-state index in [-0.39, 0.29) is 0 Å². The number of benzene rings is 2. The van der Waals surface area contributed by atoms with Gasteiger partial charge in [0.1, 0.15) is 17.6 Å². The van der Waals surface area contributed by atoms with Crippen LogP contribution in [-0.4, -0.2) is 13.3 Å². The molecule has 0 bridgehead atoms. The summed E-state index contributed by atoms with van der Waals surface area (Å²) in [6.45, 7) is 7.56. The van der Waals surface area contributed by atoms with Gasteiger partial charge in [0.25, 0.3) is 0 Å². The van der Waals surface area contributed by atoms with Crippen molar-refractivity contribution in [2.75, 3.05) is 11.9 Å². The van der Waals surface area contributed by atoms with Crippen LogP contribution in [0.4, 0.5) is 5.69 Å². The zero-order valence-electron chi connectivity index (χ0n) is 14.1. The Morgan fingerprint density at radius 2 is 1.84 bits per heavy atom. The van der Waals surface area contributed by atoms with Gasteiger partial charge >= 0.3 is 0 Å². The summed E-state index contributed by atoms with van der Waals surface area (Å²) in [4.78, 5) is 12.9. The third kappa shape index (κ3) is 3.31. The Hall–Kier alpha value is -3.33. The van der Waals surface area contributed by atoms with Crippen LogP contribution in [0, 0.1) is 0 Å². The predicted molar refractivity (Wildman–Crippen MR) is 104 cm³/mol. The highest BCUT2D eigenvalue weighted by molar-refractivity contribution is 5.88. The van der Waals surface area contributed by atoms with Gasteiger partial charge in [0.15, 0.2) is 0 Å². The number of anilines is 1. The van der Waals surface area contributed by atoms with E-state index in [4.69, 9.17) is 4.42 Å². The molecule has 0 aliphatic carbocycles. The SMILES string of the molecule is C=C/C=C(\C=C)N(C)c1ccc(-c2cc3ccc(C=O)cc3o2)cc1. The van der Waals surface area contributed by atoms with Crippen molar-refractivity contribution in [3.63, 3.8) is 0 Å². The van der Waals surface area contributed by atoms with Gasteiger partial charge in [-0.1, -0.05) is 31.4 Å². The van der Waals surface area contributed by atoms with E-state index in [1.54, 1.807) is 24.3 Å². The third-order valence-corrected chi connectivity index (χ3v) is 4.10. The monoisotopic (exact) mass is 329 g/mol. The van der Waals surface area contributed by atoms with E-state index in [1.807, 2.05) is 54.4 Å². The molecule has 3 aromatic rings. The number of allylic oxidation sites excluding steroid dienone is 3. The summed E-state index contributed by atoms with van der Waals surface area (Å²) in [6, 6.07) is 15.5. The molecule has 0 spiro atoms. The quantitative estimate of drug-likeness (QED) is 0.436. The zero-order valence-corrected chi connectivity index (χ0v) is 14.1. The number of hydrogen-bond acceptors (Lipinski definition) is 3. The van der Waals surface area contributed by atoms with Crippen LogP contribution in [0.1, 0.15) is 10.4 Å². The summed E-state index contributed by atoms with van der Waals surface area (Å²) in [6.07, 6.45) is 6.26. The molecule has 3 rings (SSSR count). The lowest BCUT2D eigenvalue weighted by Gasteiger charge is -2.20. The number of likely N-dealkylation sites (N-methyl/N-ethyl adjacent to an activating group) is 1. The molecular weight excluding hydrogens is 310 g/mol. The van der Waals surface area contributed by atoms with Crippen molar-refractivity contribution in [1.29, 1.82) is 0 Å².